The molecule has 1 aromatic heterocycles. The van der Waals surface area contributed by atoms with Gasteiger partial charge in [-0.1, -0.05) is 22.0 Å². The van der Waals surface area contributed by atoms with Gasteiger partial charge < -0.3 is 4.42 Å². The van der Waals surface area contributed by atoms with Crippen LogP contribution >= 0.6 is 63.7 Å². The third kappa shape index (κ3) is 1.82. The summed E-state index contributed by atoms with van der Waals surface area (Å²) in [5.74, 6) is 0. The van der Waals surface area contributed by atoms with Gasteiger partial charge in [0.2, 0.25) is 0 Å². The average molecular weight is 484 g/mol. The van der Waals surface area contributed by atoms with Gasteiger partial charge in [0.1, 0.15) is 5.58 Å². The standard InChI is InChI=1S/C12H4Br4O/c13-5-2-1-3-8-9(5)10-6(14)4-7(15)11(16)12(10)17-8/h1-4H. The van der Waals surface area contributed by atoms with E-state index >= 15 is 0 Å². The van der Waals surface area contributed by atoms with Crippen LogP contribution in [0.4, 0.5) is 0 Å². The molecule has 0 aliphatic carbocycles. The molecular weight excluding hydrogens is 480 g/mol. The van der Waals surface area contributed by atoms with E-state index in [1.54, 1.807) is 0 Å². The fourth-order valence-corrected chi connectivity index (χ4v) is 4.11. The molecule has 17 heavy (non-hydrogen) atoms. The largest absolute Gasteiger partial charge is 0.455 e. The maximum absolute atomic E-state index is 5.89. The predicted octanol–water partition coefficient (Wildman–Crippen LogP) is 6.64. The molecule has 0 amide bonds. The number of rotatable bonds is 0. The normalized spacial score (nSPS) is 11.5. The number of furan rings is 1. The molecule has 0 unspecified atom stereocenters. The first-order chi connectivity index (χ1) is 8.09. The third-order valence-electron chi connectivity index (χ3n) is 2.57. The fourth-order valence-electron chi connectivity index (χ4n) is 1.84. The zero-order valence-electron chi connectivity index (χ0n) is 8.23. The van der Waals surface area contributed by atoms with Crippen LogP contribution in [0.1, 0.15) is 0 Å². The lowest BCUT2D eigenvalue weighted by molar-refractivity contribution is 0.666. The molecule has 3 rings (SSSR count). The molecule has 0 saturated carbocycles. The maximum Gasteiger partial charge on any atom is 0.151 e. The molecule has 2 aromatic carbocycles. The van der Waals surface area contributed by atoms with Gasteiger partial charge in [0.15, 0.2) is 5.58 Å². The Morgan fingerprint density at radius 3 is 2.35 bits per heavy atom. The lowest BCUT2D eigenvalue weighted by Crippen LogP contribution is -1.75. The van der Waals surface area contributed by atoms with Crippen LogP contribution in [0.5, 0.6) is 0 Å². The van der Waals surface area contributed by atoms with Crippen LogP contribution in [0.2, 0.25) is 0 Å². The lowest BCUT2D eigenvalue weighted by Gasteiger charge is -2.00. The second kappa shape index (κ2) is 4.37. The predicted molar refractivity (Wildman–Crippen MR) is 84.5 cm³/mol. The summed E-state index contributed by atoms with van der Waals surface area (Å²) >= 11 is 14.2. The monoisotopic (exact) mass is 480 g/mol. The summed E-state index contributed by atoms with van der Waals surface area (Å²) in [6.45, 7) is 0. The summed E-state index contributed by atoms with van der Waals surface area (Å²) in [7, 11) is 0. The fraction of sp³-hybridized carbons (Fsp3) is 0. The van der Waals surface area contributed by atoms with Crippen molar-refractivity contribution in [3.8, 4) is 0 Å². The molecule has 0 aliphatic heterocycles. The first kappa shape index (κ1) is 12.2. The second-order valence-electron chi connectivity index (χ2n) is 3.57. The summed E-state index contributed by atoms with van der Waals surface area (Å²) in [5, 5.41) is 2.16. The van der Waals surface area contributed by atoms with Crippen LogP contribution in [0, 0.1) is 0 Å². The highest BCUT2D eigenvalue weighted by molar-refractivity contribution is 9.13. The Morgan fingerprint density at radius 1 is 0.824 bits per heavy atom. The van der Waals surface area contributed by atoms with Crippen molar-refractivity contribution in [3.05, 3.63) is 42.2 Å². The molecule has 1 heterocycles. The van der Waals surface area contributed by atoms with E-state index in [4.69, 9.17) is 4.42 Å². The summed E-state index contributed by atoms with van der Waals surface area (Å²) in [6.07, 6.45) is 0. The molecule has 1 nitrogen and oxygen atoms in total. The number of hydrogen-bond acceptors (Lipinski definition) is 1. The lowest BCUT2D eigenvalue weighted by atomic mass is 10.1. The molecule has 3 aromatic rings. The van der Waals surface area contributed by atoms with Crippen molar-refractivity contribution >= 4 is 85.7 Å². The molecular formula is C12H4Br4O. The Labute approximate surface area is 131 Å². The number of hydrogen-bond donors (Lipinski definition) is 0. The van der Waals surface area contributed by atoms with E-state index in [0.717, 1.165) is 39.8 Å². The van der Waals surface area contributed by atoms with Gasteiger partial charge in [-0.05, 0) is 66.0 Å². The van der Waals surface area contributed by atoms with E-state index < -0.39 is 0 Å². The molecule has 0 bridgehead atoms. The first-order valence-electron chi connectivity index (χ1n) is 4.74. The Balaban J connectivity index is 2.67. The van der Waals surface area contributed by atoms with Gasteiger partial charge >= 0.3 is 0 Å². The van der Waals surface area contributed by atoms with Gasteiger partial charge in [-0.25, -0.2) is 0 Å². The first-order valence-corrected chi connectivity index (χ1v) is 7.91. The number of halogens is 4. The van der Waals surface area contributed by atoms with Crippen LogP contribution in [0.15, 0.2) is 46.6 Å². The van der Waals surface area contributed by atoms with E-state index in [1.165, 1.54) is 0 Å². The van der Waals surface area contributed by atoms with E-state index in [0.29, 0.717) is 0 Å². The summed E-state index contributed by atoms with van der Waals surface area (Å²) in [4.78, 5) is 0. The second-order valence-corrected chi connectivity index (χ2v) is 6.93. The molecule has 0 spiro atoms. The van der Waals surface area contributed by atoms with E-state index in [9.17, 15) is 0 Å². The Bertz CT molecular complexity index is 745. The molecule has 0 N–H and O–H groups in total. The Morgan fingerprint density at radius 2 is 1.59 bits per heavy atom. The van der Waals surface area contributed by atoms with Crippen molar-refractivity contribution in [2.24, 2.45) is 0 Å². The number of benzene rings is 2. The van der Waals surface area contributed by atoms with E-state index in [2.05, 4.69) is 63.7 Å². The zero-order valence-corrected chi connectivity index (χ0v) is 14.6. The van der Waals surface area contributed by atoms with Crippen LogP contribution in [-0.4, -0.2) is 0 Å². The molecule has 0 radical (unpaired) electrons. The summed E-state index contributed by atoms with van der Waals surface area (Å²) < 4.78 is 9.82. The van der Waals surface area contributed by atoms with Crippen LogP contribution in [0.3, 0.4) is 0 Å². The van der Waals surface area contributed by atoms with E-state index in [1.807, 2.05) is 24.3 Å². The smallest absolute Gasteiger partial charge is 0.151 e. The SMILES string of the molecule is Brc1cc(Br)c2c(oc3cccc(Br)c32)c1Br. The molecule has 0 aliphatic rings. The zero-order chi connectivity index (χ0) is 12.2. The molecule has 0 atom stereocenters. The minimum absolute atomic E-state index is 0.841. The van der Waals surface area contributed by atoms with Crippen molar-refractivity contribution in [2.45, 2.75) is 0 Å². The molecule has 5 heteroatoms. The highest BCUT2D eigenvalue weighted by atomic mass is 79.9. The van der Waals surface area contributed by atoms with E-state index in [-0.39, 0.29) is 0 Å². The van der Waals surface area contributed by atoms with Gasteiger partial charge in [-0.15, -0.1) is 0 Å². The Hall–Kier alpha value is 0.160. The highest BCUT2D eigenvalue weighted by Gasteiger charge is 2.16. The van der Waals surface area contributed by atoms with Crippen molar-refractivity contribution < 1.29 is 4.42 Å². The summed E-state index contributed by atoms with van der Waals surface area (Å²) in [6, 6.07) is 7.96. The van der Waals surface area contributed by atoms with Gasteiger partial charge in [0, 0.05) is 24.2 Å². The van der Waals surface area contributed by atoms with Gasteiger partial charge in [-0.3, -0.25) is 0 Å². The molecule has 0 fully saturated rings. The van der Waals surface area contributed by atoms with Crippen molar-refractivity contribution in [1.82, 2.24) is 0 Å². The maximum atomic E-state index is 5.89. The van der Waals surface area contributed by atoms with Gasteiger partial charge in [0.25, 0.3) is 0 Å². The van der Waals surface area contributed by atoms with Crippen molar-refractivity contribution in [2.75, 3.05) is 0 Å². The van der Waals surface area contributed by atoms with Crippen molar-refractivity contribution in [1.29, 1.82) is 0 Å². The number of fused-ring (bicyclic) bond motifs is 3. The minimum Gasteiger partial charge on any atom is -0.455 e. The van der Waals surface area contributed by atoms with Crippen LogP contribution in [-0.2, 0) is 0 Å². The van der Waals surface area contributed by atoms with Gasteiger partial charge in [0.05, 0.1) is 4.47 Å². The molecule has 86 valence electrons. The summed E-state index contributed by atoms with van der Waals surface area (Å²) in [5.41, 5.74) is 1.71. The third-order valence-corrected chi connectivity index (χ3v) is 5.80. The highest BCUT2D eigenvalue weighted by Crippen LogP contribution is 2.43. The quantitative estimate of drug-likeness (QED) is 0.327. The molecule has 0 saturated heterocycles. The minimum atomic E-state index is 0.841. The van der Waals surface area contributed by atoms with Gasteiger partial charge in [-0.2, -0.15) is 0 Å². The average Bonchev–Trinajstić information content (AvgIpc) is 2.67. The van der Waals surface area contributed by atoms with Crippen molar-refractivity contribution in [3.63, 3.8) is 0 Å². The topological polar surface area (TPSA) is 13.1 Å². The Kier molecular flexibility index (Phi) is 3.14. The van der Waals surface area contributed by atoms with Crippen LogP contribution < -0.4 is 0 Å². The van der Waals surface area contributed by atoms with Crippen LogP contribution in [0.25, 0.3) is 21.9 Å².